The van der Waals surface area contributed by atoms with Gasteiger partial charge in [-0.3, -0.25) is 9.59 Å². The highest BCUT2D eigenvalue weighted by Crippen LogP contribution is 2.44. The van der Waals surface area contributed by atoms with Crippen molar-refractivity contribution in [1.82, 2.24) is 4.90 Å². The predicted octanol–water partition coefficient (Wildman–Crippen LogP) is 6.11. The zero-order valence-corrected chi connectivity index (χ0v) is 20.6. The van der Waals surface area contributed by atoms with Crippen LogP contribution in [-0.2, 0) is 9.53 Å². The highest BCUT2D eigenvalue weighted by Gasteiger charge is 2.44. The molecule has 0 saturated carbocycles. The van der Waals surface area contributed by atoms with E-state index in [0.29, 0.717) is 30.2 Å². The second kappa shape index (κ2) is 10.8. The van der Waals surface area contributed by atoms with E-state index in [1.807, 2.05) is 90.3 Å². The molecule has 1 aromatic heterocycles. The Hall–Kier alpha value is -3.94. The molecule has 0 aliphatic carbocycles. The Balaban J connectivity index is 1.44. The van der Waals surface area contributed by atoms with Crippen LogP contribution in [0.2, 0.25) is 0 Å². The number of hydrogen-bond donors (Lipinski definition) is 1. The topological polar surface area (TPSA) is 67.9 Å². The lowest BCUT2D eigenvalue weighted by Gasteiger charge is -2.41. The number of nitrogens with one attached hydrogen (secondary N) is 1. The summed E-state index contributed by atoms with van der Waals surface area (Å²) in [5, 5.41) is 5.04. The summed E-state index contributed by atoms with van der Waals surface area (Å²) in [6.45, 7) is 0.772. The number of thiophene rings is 1. The van der Waals surface area contributed by atoms with Gasteiger partial charge in [0.1, 0.15) is 11.5 Å². The summed E-state index contributed by atoms with van der Waals surface area (Å²) in [4.78, 5) is 30.0. The van der Waals surface area contributed by atoms with Gasteiger partial charge in [0.25, 0.3) is 5.91 Å². The Labute approximate surface area is 214 Å². The van der Waals surface area contributed by atoms with Crippen LogP contribution in [0.1, 0.15) is 32.8 Å². The van der Waals surface area contributed by atoms with Crippen LogP contribution in [-0.4, -0.2) is 37.0 Å². The molecule has 4 aromatic rings. The van der Waals surface area contributed by atoms with Gasteiger partial charge in [-0.25, -0.2) is 0 Å². The van der Waals surface area contributed by atoms with E-state index in [1.165, 1.54) is 0 Å². The van der Waals surface area contributed by atoms with Gasteiger partial charge in [-0.15, -0.1) is 11.3 Å². The summed E-state index contributed by atoms with van der Waals surface area (Å²) in [5.74, 6) is 0.581. The van der Waals surface area contributed by atoms with E-state index < -0.39 is 12.0 Å². The summed E-state index contributed by atoms with van der Waals surface area (Å²) in [6, 6.07) is 27.7. The lowest BCUT2D eigenvalue weighted by molar-refractivity contribution is -0.119. The van der Waals surface area contributed by atoms with E-state index in [-0.39, 0.29) is 11.8 Å². The standard InChI is InChI=1S/C29H26N2O4S/c1-34-18-17-31-27(25-12-7-19-36-25)26(23-10-5-6-11-24(23)29(31)33)28(32)30-20-13-15-22(16-14-20)35-21-8-3-2-4-9-21/h2-16,19,26-27H,17-18H2,1H3,(H,30,32). The van der Waals surface area contributed by atoms with Gasteiger partial charge in [-0.1, -0.05) is 42.5 Å². The quantitative estimate of drug-likeness (QED) is 0.318. The Bertz CT molecular complexity index is 1320. The number of carbonyl (C=O) groups is 2. The highest BCUT2D eigenvalue weighted by atomic mass is 32.1. The van der Waals surface area contributed by atoms with Crippen LogP contribution in [0, 0.1) is 0 Å². The third-order valence-electron chi connectivity index (χ3n) is 6.19. The van der Waals surface area contributed by atoms with Gasteiger partial charge < -0.3 is 19.7 Å². The molecule has 1 aliphatic rings. The third kappa shape index (κ3) is 4.89. The molecule has 0 radical (unpaired) electrons. The maximum atomic E-state index is 13.8. The minimum Gasteiger partial charge on any atom is -0.457 e. The molecule has 0 bridgehead atoms. The van der Waals surface area contributed by atoms with Crippen molar-refractivity contribution >= 4 is 28.8 Å². The zero-order chi connectivity index (χ0) is 24.9. The number of nitrogens with zero attached hydrogens (tertiary/aromatic N) is 1. The van der Waals surface area contributed by atoms with Crippen LogP contribution in [0.4, 0.5) is 5.69 Å². The van der Waals surface area contributed by atoms with E-state index in [1.54, 1.807) is 29.4 Å². The number of para-hydroxylation sites is 1. The summed E-state index contributed by atoms with van der Waals surface area (Å²) in [7, 11) is 1.61. The molecule has 0 saturated heterocycles. The minimum atomic E-state index is -0.574. The van der Waals surface area contributed by atoms with Crippen LogP contribution in [0.3, 0.4) is 0 Å². The first-order chi connectivity index (χ1) is 17.7. The zero-order valence-electron chi connectivity index (χ0n) is 19.8. The van der Waals surface area contributed by atoms with Crippen molar-refractivity contribution in [2.24, 2.45) is 0 Å². The number of rotatable bonds is 8. The van der Waals surface area contributed by atoms with E-state index in [9.17, 15) is 9.59 Å². The van der Waals surface area contributed by atoms with E-state index in [4.69, 9.17) is 9.47 Å². The van der Waals surface area contributed by atoms with Gasteiger partial charge in [0.05, 0.1) is 18.6 Å². The molecule has 2 unspecified atom stereocenters. The van der Waals surface area contributed by atoms with E-state index >= 15 is 0 Å². The average molecular weight is 499 g/mol. The Morgan fingerprint density at radius 3 is 2.36 bits per heavy atom. The van der Waals surface area contributed by atoms with Crippen molar-refractivity contribution in [3.8, 4) is 11.5 Å². The van der Waals surface area contributed by atoms with Gasteiger partial charge in [0.15, 0.2) is 0 Å². The molecule has 0 fully saturated rings. The van der Waals surface area contributed by atoms with Gasteiger partial charge in [0, 0.05) is 29.8 Å². The lowest BCUT2D eigenvalue weighted by Crippen LogP contribution is -2.47. The third-order valence-corrected chi connectivity index (χ3v) is 7.14. The summed E-state index contributed by atoms with van der Waals surface area (Å²) in [5.41, 5.74) is 1.94. The maximum absolute atomic E-state index is 13.8. The highest BCUT2D eigenvalue weighted by molar-refractivity contribution is 7.10. The number of methoxy groups -OCH3 is 1. The molecular formula is C29H26N2O4S. The van der Waals surface area contributed by atoms with Gasteiger partial charge >= 0.3 is 0 Å². The molecule has 7 heteroatoms. The van der Waals surface area contributed by atoms with Crippen LogP contribution in [0.25, 0.3) is 0 Å². The monoisotopic (exact) mass is 498 g/mol. The lowest BCUT2D eigenvalue weighted by atomic mass is 9.81. The molecule has 0 spiro atoms. The first kappa shape index (κ1) is 23.8. The van der Waals surface area contributed by atoms with Crippen LogP contribution in [0.5, 0.6) is 11.5 Å². The SMILES string of the molecule is COCCN1C(=O)c2ccccc2C(C(=O)Nc2ccc(Oc3ccccc3)cc2)C1c1cccs1. The fourth-order valence-corrected chi connectivity index (χ4v) is 5.41. The van der Waals surface area contributed by atoms with Crippen LogP contribution < -0.4 is 10.1 Å². The van der Waals surface area contributed by atoms with Crippen molar-refractivity contribution in [2.45, 2.75) is 12.0 Å². The van der Waals surface area contributed by atoms with Crippen molar-refractivity contribution in [1.29, 1.82) is 0 Å². The molecule has 6 nitrogen and oxygen atoms in total. The van der Waals surface area contributed by atoms with E-state index in [0.717, 1.165) is 16.2 Å². The smallest absolute Gasteiger partial charge is 0.254 e. The number of amides is 2. The number of ether oxygens (including phenoxy) is 2. The number of anilines is 1. The Morgan fingerprint density at radius 1 is 0.917 bits per heavy atom. The van der Waals surface area contributed by atoms with E-state index in [2.05, 4.69) is 5.32 Å². The normalized spacial score (nSPS) is 16.9. The summed E-state index contributed by atoms with van der Waals surface area (Å²) < 4.78 is 11.2. The van der Waals surface area contributed by atoms with Crippen molar-refractivity contribution in [3.63, 3.8) is 0 Å². The number of carbonyl (C=O) groups excluding carboxylic acids is 2. The Morgan fingerprint density at radius 2 is 1.64 bits per heavy atom. The molecule has 1 N–H and O–H groups in total. The molecule has 2 heterocycles. The maximum Gasteiger partial charge on any atom is 0.254 e. The number of benzene rings is 3. The predicted molar refractivity (Wildman–Crippen MR) is 141 cm³/mol. The molecule has 182 valence electrons. The fraction of sp³-hybridized carbons (Fsp3) is 0.172. The molecule has 36 heavy (non-hydrogen) atoms. The van der Waals surface area contributed by atoms with Crippen molar-refractivity contribution in [3.05, 3.63) is 112 Å². The van der Waals surface area contributed by atoms with Crippen LogP contribution >= 0.6 is 11.3 Å². The minimum absolute atomic E-state index is 0.0903. The molecular weight excluding hydrogens is 472 g/mol. The van der Waals surface area contributed by atoms with Crippen LogP contribution in [0.15, 0.2) is 96.4 Å². The fourth-order valence-electron chi connectivity index (χ4n) is 4.54. The summed E-state index contributed by atoms with van der Waals surface area (Å²) in [6.07, 6.45) is 0. The van der Waals surface area contributed by atoms with Crippen molar-refractivity contribution < 1.29 is 19.1 Å². The first-order valence-electron chi connectivity index (χ1n) is 11.7. The summed E-state index contributed by atoms with van der Waals surface area (Å²) >= 11 is 1.54. The van der Waals surface area contributed by atoms with Gasteiger partial charge in [-0.2, -0.15) is 0 Å². The van der Waals surface area contributed by atoms with Gasteiger partial charge in [0.2, 0.25) is 5.91 Å². The molecule has 3 aromatic carbocycles. The van der Waals surface area contributed by atoms with Crippen molar-refractivity contribution in [2.75, 3.05) is 25.6 Å². The molecule has 2 atom stereocenters. The van der Waals surface area contributed by atoms with Gasteiger partial charge in [-0.05, 0) is 59.5 Å². The molecule has 1 aliphatic heterocycles. The largest absolute Gasteiger partial charge is 0.457 e. The molecule has 5 rings (SSSR count). The second-order valence-electron chi connectivity index (χ2n) is 8.45. The second-order valence-corrected chi connectivity index (χ2v) is 9.42. The average Bonchev–Trinajstić information content (AvgIpc) is 3.44. The molecule has 2 amide bonds. The Kier molecular flexibility index (Phi) is 7.11. The first-order valence-corrected chi connectivity index (χ1v) is 12.6. The number of fused-ring (bicyclic) bond motifs is 1. The number of hydrogen-bond acceptors (Lipinski definition) is 5.